The number of rotatable bonds is 5. The Balaban J connectivity index is 4.41. The van der Waals surface area contributed by atoms with Crippen LogP contribution < -0.4 is 11.5 Å². The van der Waals surface area contributed by atoms with Gasteiger partial charge in [-0.05, 0) is 0 Å². The summed E-state index contributed by atoms with van der Waals surface area (Å²) in [6.45, 7) is -0.292. The van der Waals surface area contributed by atoms with Crippen LogP contribution in [0.25, 0.3) is 0 Å². The molecule has 0 rings (SSSR count). The topological polar surface area (TPSA) is 118 Å². The van der Waals surface area contributed by atoms with E-state index in [9.17, 15) is 13.6 Å². The van der Waals surface area contributed by atoms with E-state index in [0.29, 0.717) is 0 Å². The van der Waals surface area contributed by atoms with Crippen LogP contribution in [0.5, 0.6) is 0 Å². The van der Waals surface area contributed by atoms with E-state index in [-0.39, 0.29) is 19.6 Å². The zero-order valence-corrected chi connectivity index (χ0v) is 8.08. The van der Waals surface area contributed by atoms with Gasteiger partial charge < -0.3 is 16.0 Å². The van der Waals surface area contributed by atoms with E-state index in [4.69, 9.17) is 11.5 Å². The van der Waals surface area contributed by atoms with Crippen LogP contribution in [0.2, 0.25) is 0 Å². The molecule has 2 atom stereocenters. The molecule has 8 heteroatoms. The molecule has 0 saturated heterocycles. The van der Waals surface area contributed by atoms with Gasteiger partial charge in [0.1, 0.15) is 13.6 Å². The smallest absolute Gasteiger partial charge is 0.381 e. The first-order valence-electron chi connectivity index (χ1n) is 3.54. The molecule has 0 saturated carbocycles. The zero-order chi connectivity index (χ0) is 10.5. The van der Waals surface area contributed by atoms with Crippen molar-refractivity contribution in [2.24, 2.45) is 11.5 Å². The SMILES string of the molecule is C[N+](CCN)(OC(=O)CN)S(=O)[O-]. The number of hydrogen-bond acceptors (Lipinski definition) is 6. The van der Waals surface area contributed by atoms with Gasteiger partial charge in [0, 0.05) is 6.54 Å². The molecule has 0 aromatic carbocycles. The molecule has 0 fully saturated rings. The van der Waals surface area contributed by atoms with Crippen LogP contribution in [-0.4, -0.2) is 45.5 Å². The molecule has 4 N–H and O–H groups in total. The molecule has 2 unspecified atom stereocenters. The Labute approximate surface area is 78.6 Å². The highest BCUT2D eigenvalue weighted by atomic mass is 32.2. The van der Waals surface area contributed by atoms with E-state index in [1.54, 1.807) is 0 Å². The van der Waals surface area contributed by atoms with Gasteiger partial charge in [-0.3, -0.25) is 4.84 Å². The Morgan fingerprint density at radius 1 is 1.62 bits per heavy atom. The average molecular weight is 211 g/mol. The molecule has 0 aliphatic carbocycles. The van der Waals surface area contributed by atoms with Gasteiger partial charge in [-0.1, -0.05) is 4.05 Å². The Kier molecular flexibility index (Phi) is 5.03. The predicted octanol–water partition coefficient (Wildman–Crippen LogP) is -2.40. The van der Waals surface area contributed by atoms with Crippen LogP contribution >= 0.6 is 0 Å². The van der Waals surface area contributed by atoms with Gasteiger partial charge in [-0.15, -0.1) is 0 Å². The Morgan fingerprint density at radius 2 is 2.15 bits per heavy atom. The van der Waals surface area contributed by atoms with Gasteiger partial charge in [0.15, 0.2) is 11.3 Å². The standard InChI is InChI=1S/C5H13N3O4S/c1-8(3-2-6,13(10)11)12-5(9)4-7/h2-4,6-7H2,1H3. The summed E-state index contributed by atoms with van der Waals surface area (Å²) in [6, 6.07) is 0. The average Bonchev–Trinajstić information content (AvgIpc) is 2.04. The second kappa shape index (κ2) is 5.25. The fourth-order valence-electron chi connectivity index (χ4n) is 0.638. The molecule has 0 aromatic rings. The highest BCUT2D eigenvalue weighted by Crippen LogP contribution is 2.06. The number of nitrogens with two attached hydrogens (primary N) is 2. The highest BCUT2D eigenvalue weighted by Gasteiger charge is 2.28. The third-order valence-electron chi connectivity index (χ3n) is 1.31. The van der Waals surface area contributed by atoms with Crippen molar-refractivity contribution >= 4 is 17.2 Å². The summed E-state index contributed by atoms with van der Waals surface area (Å²) in [5, 5.41) is 0. The third kappa shape index (κ3) is 3.79. The molecule has 0 amide bonds. The quantitative estimate of drug-likeness (QED) is 0.297. The molecule has 78 valence electrons. The zero-order valence-electron chi connectivity index (χ0n) is 7.26. The lowest BCUT2D eigenvalue weighted by Crippen LogP contribution is -2.50. The third-order valence-corrected chi connectivity index (χ3v) is 2.20. The van der Waals surface area contributed by atoms with E-state index in [1.165, 1.54) is 7.05 Å². The molecule has 7 nitrogen and oxygen atoms in total. The van der Waals surface area contributed by atoms with Gasteiger partial charge in [0.25, 0.3) is 0 Å². The first-order valence-corrected chi connectivity index (χ1v) is 4.57. The van der Waals surface area contributed by atoms with Gasteiger partial charge in [0.05, 0.1) is 6.54 Å². The van der Waals surface area contributed by atoms with Crippen molar-refractivity contribution in [2.45, 2.75) is 0 Å². The Bertz CT molecular complexity index is 212. The first kappa shape index (κ1) is 12.5. The molecule has 0 aliphatic heterocycles. The molecule has 0 aromatic heterocycles. The molecular formula is C5H13N3O4S. The normalized spacial score (nSPS) is 17.5. The number of nitrogens with zero attached hydrogens (tertiary/aromatic N) is 1. The van der Waals surface area contributed by atoms with Crippen LogP contribution in [0, 0.1) is 0 Å². The van der Waals surface area contributed by atoms with Crippen molar-refractivity contribution in [1.82, 2.24) is 0 Å². The maximum absolute atomic E-state index is 10.7. The lowest BCUT2D eigenvalue weighted by atomic mass is 10.6. The van der Waals surface area contributed by atoms with Gasteiger partial charge in [-0.2, -0.15) is 0 Å². The van der Waals surface area contributed by atoms with Crippen molar-refractivity contribution < 1.29 is 22.4 Å². The van der Waals surface area contributed by atoms with Crippen molar-refractivity contribution in [3.8, 4) is 0 Å². The minimum atomic E-state index is -2.58. The number of likely N-dealkylation sites (N-methyl/N-ethyl adjacent to an activating group) is 1. The maximum Gasteiger partial charge on any atom is 0.381 e. The van der Waals surface area contributed by atoms with Gasteiger partial charge in [0.2, 0.25) is 0 Å². The van der Waals surface area contributed by atoms with Gasteiger partial charge >= 0.3 is 5.97 Å². The molecule has 13 heavy (non-hydrogen) atoms. The number of carbonyl (C=O) groups is 1. The highest BCUT2D eigenvalue weighted by molar-refractivity contribution is 7.73. The second-order valence-corrected chi connectivity index (χ2v) is 3.62. The number of hydroxylamine groups is 2. The van der Waals surface area contributed by atoms with E-state index < -0.39 is 21.3 Å². The molecular weight excluding hydrogens is 198 g/mol. The Morgan fingerprint density at radius 3 is 2.46 bits per heavy atom. The number of quaternary nitrogens is 1. The summed E-state index contributed by atoms with van der Waals surface area (Å²) in [5.74, 6) is -0.792. The van der Waals surface area contributed by atoms with Crippen LogP contribution in [-0.2, 0) is 20.9 Å². The van der Waals surface area contributed by atoms with Crippen molar-refractivity contribution in [3.05, 3.63) is 0 Å². The summed E-state index contributed by atoms with van der Waals surface area (Å²) >= 11 is -2.58. The summed E-state index contributed by atoms with van der Waals surface area (Å²) in [4.78, 5) is 15.3. The van der Waals surface area contributed by atoms with E-state index in [2.05, 4.69) is 4.84 Å². The summed E-state index contributed by atoms with van der Waals surface area (Å²) in [5.41, 5.74) is 10.1. The summed E-state index contributed by atoms with van der Waals surface area (Å²) in [6.07, 6.45) is 0. The van der Waals surface area contributed by atoms with Crippen molar-refractivity contribution in [1.29, 1.82) is 0 Å². The van der Waals surface area contributed by atoms with Crippen molar-refractivity contribution in [3.63, 3.8) is 0 Å². The fraction of sp³-hybridized carbons (Fsp3) is 0.800. The Hall–Kier alpha value is -0.540. The molecule has 0 aliphatic rings. The lowest BCUT2D eigenvalue weighted by Gasteiger charge is -2.29. The number of hydrogen-bond donors (Lipinski definition) is 2. The van der Waals surface area contributed by atoms with E-state index >= 15 is 0 Å². The van der Waals surface area contributed by atoms with Gasteiger partial charge in [-0.25, -0.2) is 9.00 Å². The van der Waals surface area contributed by atoms with Crippen LogP contribution in [0.1, 0.15) is 0 Å². The second-order valence-electron chi connectivity index (χ2n) is 2.41. The van der Waals surface area contributed by atoms with E-state index in [1.807, 2.05) is 0 Å². The van der Waals surface area contributed by atoms with Crippen LogP contribution in [0.3, 0.4) is 0 Å². The predicted molar refractivity (Wildman–Crippen MR) is 44.2 cm³/mol. The minimum Gasteiger partial charge on any atom is -0.721 e. The van der Waals surface area contributed by atoms with Crippen LogP contribution in [0.15, 0.2) is 0 Å². The monoisotopic (exact) mass is 211 g/mol. The molecule has 0 spiro atoms. The molecule has 0 bridgehead atoms. The van der Waals surface area contributed by atoms with E-state index in [0.717, 1.165) is 0 Å². The lowest BCUT2D eigenvalue weighted by molar-refractivity contribution is -0.970. The number of carbonyl (C=O) groups excluding carboxylic acids is 1. The maximum atomic E-state index is 10.7. The van der Waals surface area contributed by atoms with Crippen molar-refractivity contribution in [2.75, 3.05) is 26.7 Å². The fourth-order valence-corrected chi connectivity index (χ4v) is 1.04. The molecule has 0 heterocycles. The minimum absolute atomic E-state index is 0.0121. The van der Waals surface area contributed by atoms with Crippen LogP contribution in [0.4, 0.5) is 0 Å². The summed E-state index contributed by atoms with van der Waals surface area (Å²) < 4.78 is 20.4. The summed E-state index contributed by atoms with van der Waals surface area (Å²) in [7, 11) is 1.21. The molecule has 0 radical (unpaired) electrons. The largest absolute Gasteiger partial charge is 0.721 e. The first-order chi connectivity index (χ1) is 5.96.